The van der Waals surface area contributed by atoms with Gasteiger partial charge in [-0.15, -0.1) is 0 Å². The molecule has 0 aliphatic heterocycles. The number of benzene rings is 2. The molecular weight excluding hydrogens is 369 g/mol. The third-order valence-electron chi connectivity index (χ3n) is 4.79. The highest BCUT2D eigenvalue weighted by atomic mass is 19.4. The van der Waals surface area contributed by atoms with E-state index in [1.807, 2.05) is 24.3 Å². The summed E-state index contributed by atoms with van der Waals surface area (Å²) in [6, 6.07) is 11.8. The Hall–Kier alpha value is -2.83. The van der Waals surface area contributed by atoms with Crippen molar-refractivity contribution in [3.63, 3.8) is 0 Å². The Morgan fingerprint density at radius 3 is 1.68 bits per heavy atom. The Balaban J connectivity index is 1.52. The predicted molar refractivity (Wildman–Crippen MR) is 101 cm³/mol. The van der Waals surface area contributed by atoms with Crippen LogP contribution in [0.3, 0.4) is 0 Å². The van der Waals surface area contributed by atoms with E-state index in [2.05, 4.69) is 24.5 Å². The number of amides is 2. The number of hydrogen-bond donors (Lipinski definition) is 2. The van der Waals surface area contributed by atoms with E-state index in [1.165, 1.54) is 17.7 Å². The molecular formula is C21H21F3N2O2. The van der Waals surface area contributed by atoms with E-state index in [0.717, 1.165) is 12.1 Å². The van der Waals surface area contributed by atoms with E-state index in [1.54, 1.807) is 0 Å². The van der Waals surface area contributed by atoms with Gasteiger partial charge < -0.3 is 10.6 Å². The second-order valence-corrected chi connectivity index (χ2v) is 7.28. The van der Waals surface area contributed by atoms with Crippen LogP contribution < -0.4 is 10.6 Å². The normalized spacial score (nSPS) is 18.6. The molecule has 28 heavy (non-hydrogen) atoms. The van der Waals surface area contributed by atoms with Crippen LogP contribution in [0.2, 0.25) is 0 Å². The van der Waals surface area contributed by atoms with Gasteiger partial charge in [-0.2, -0.15) is 13.2 Å². The third kappa shape index (κ3) is 4.71. The molecule has 2 atom stereocenters. The maximum atomic E-state index is 12.6. The van der Waals surface area contributed by atoms with Crippen molar-refractivity contribution in [1.29, 1.82) is 0 Å². The van der Waals surface area contributed by atoms with E-state index < -0.39 is 23.6 Å². The van der Waals surface area contributed by atoms with Crippen molar-refractivity contribution in [2.45, 2.75) is 32.4 Å². The first-order valence-corrected chi connectivity index (χ1v) is 9.04. The minimum Gasteiger partial charge on any atom is -0.326 e. The number of anilines is 2. The van der Waals surface area contributed by atoms with Crippen LogP contribution in [0, 0.1) is 11.8 Å². The molecule has 0 saturated heterocycles. The molecule has 0 spiro atoms. The standard InChI is InChI=1S/C21H21F3N2O2/c1-12(2)13-3-7-15(8-4-13)25-19(27)17-11-18(17)20(28)26-16-9-5-14(6-10-16)21(22,23)24/h3-10,12,17-18H,11H2,1-2H3,(H,25,27)(H,26,28). The number of halogens is 3. The summed E-state index contributed by atoms with van der Waals surface area (Å²) in [4.78, 5) is 24.5. The Morgan fingerprint density at radius 1 is 0.857 bits per heavy atom. The van der Waals surface area contributed by atoms with Gasteiger partial charge in [0.1, 0.15) is 0 Å². The monoisotopic (exact) mass is 390 g/mol. The largest absolute Gasteiger partial charge is 0.416 e. The first-order chi connectivity index (χ1) is 13.1. The van der Waals surface area contributed by atoms with Gasteiger partial charge in [0.25, 0.3) is 0 Å². The zero-order chi connectivity index (χ0) is 20.5. The number of nitrogens with one attached hydrogen (secondary N) is 2. The zero-order valence-corrected chi connectivity index (χ0v) is 15.5. The van der Waals surface area contributed by atoms with Gasteiger partial charge in [-0.05, 0) is 54.3 Å². The SMILES string of the molecule is CC(C)c1ccc(NC(=O)C2CC2C(=O)Nc2ccc(C(F)(F)F)cc2)cc1. The van der Waals surface area contributed by atoms with Crippen LogP contribution in [0.15, 0.2) is 48.5 Å². The molecule has 2 aromatic rings. The van der Waals surface area contributed by atoms with Crippen LogP contribution >= 0.6 is 0 Å². The first-order valence-electron chi connectivity index (χ1n) is 9.04. The summed E-state index contributed by atoms with van der Waals surface area (Å²) in [5, 5.41) is 5.36. The highest BCUT2D eigenvalue weighted by Gasteiger charge is 2.48. The van der Waals surface area contributed by atoms with E-state index in [-0.39, 0.29) is 17.5 Å². The van der Waals surface area contributed by atoms with Gasteiger partial charge >= 0.3 is 6.18 Å². The summed E-state index contributed by atoms with van der Waals surface area (Å²) in [5.41, 5.74) is 1.33. The van der Waals surface area contributed by atoms with Crippen molar-refractivity contribution in [3.8, 4) is 0 Å². The fourth-order valence-corrected chi connectivity index (χ4v) is 2.94. The van der Waals surface area contributed by atoms with Gasteiger partial charge in [0, 0.05) is 11.4 Å². The van der Waals surface area contributed by atoms with Gasteiger partial charge in [0.2, 0.25) is 11.8 Å². The van der Waals surface area contributed by atoms with Gasteiger partial charge in [-0.1, -0.05) is 26.0 Å². The molecule has 1 aliphatic carbocycles. The molecule has 0 bridgehead atoms. The smallest absolute Gasteiger partial charge is 0.326 e. The van der Waals surface area contributed by atoms with E-state index >= 15 is 0 Å². The minimum absolute atomic E-state index is 0.232. The fourth-order valence-electron chi connectivity index (χ4n) is 2.94. The maximum Gasteiger partial charge on any atom is 0.416 e. The number of hydrogen-bond acceptors (Lipinski definition) is 2. The van der Waals surface area contributed by atoms with E-state index in [0.29, 0.717) is 18.0 Å². The fraction of sp³-hybridized carbons (Fsp3) is 0.333. The minimum atomic E-state index is -4.42. The zero-order valence-electron chi connectivity index (χ0n) is 15.5. The molecule has 2 unspecified atom stereocenters. The van der Waals surface area contributed by atoms with Crippen molar-refractivity contribution in [2.75, 3.05) is 10.6 Å². The Bertz CT molecular complexity index is 859. The second-order valence-electron chi connectivity index (χ2n) is 7.28. The number of carbonyl (C=O) groups excluding carboxylic acids is 2. The van der Waals surface area contributed by atoms with Crippen LogP contribution in [0.1, 0.15) is 37.3 Å². The van der Waals surface area contributed by atoms with E-state index in [4.69, 9.17) is 0 Å². The molecule has 4 nitrogen and oxygen atoms in total. The number of rotatable bonds is 5. The Kier molecular flexibility index (Phi) is 5.45. The average Bonchev–Trinajstić information content (AvgIpc) is 3.43. The summed E-state index contributed by atoms with van der Waals surface area (Å²) in [6.07, 6.45) is -4.00. The quantitative estimate of drug-likeness (QED) is 0.751. The molecule has 0 heterocycles. The lowest BCUT2D eigenvalue weighted by molar-refractivity contribution is -0.137. The molecule has 2 aromatic carbocycles. The lowest BCUT2D eigenvalue weighted by Gasteiger charge is -2.09. The van der Waals surface area contributed by atoms with Crippen molar-refractivity contribution < 1.29 is 22.8 Å². The van der Waals surface area contributed by atoms with E-state index in [9.17, 15) is 22.8 Å². The topological polar surface area (TPSA) is 58.2 Å². The molecule has 3 rings (SSSR count). The van der Waals surface area contributed by atoms with Gasteiger partial charge in [0.05, 0.1) is 17.4 Å². The van der Waals surface area contributed by atoms with Crippen molar-refractivity contribution in [2.24, 2.45) is 11.8 Å². The van der Waals surface area contributed by atoms with Crippen molar-refractivity contribution >= 4 is 23.2 Å². The van der Waals surface area contributed by atoms with Crippen LogP contribution in [-0.2, 0) is 15.8 Å². The Labute approximate surface area is 161 Å². The number of carbonyl (C=O) groups is 2. The predicted octanol–water partition coefficient (Wildman–Crippen LogP) is 5.04. The lowest BCUT2D eigenvalue weighted by Crippen LogP contribution is -2.20. The highest BCUT2D eigenvalue weighted by molar-refractivity contribution is 6.03. The molecule has 0 radical (unpaired) electrons. The maximum absolute atomic E-state index is 12.6. The second kappa shape index (κ2) is 7.66. The summed E-state index contributed by atoms with van der Waals surface area (Å²) >= 11 is 0. The van der Waals surface area contributed by atoms with Gasteiger partial charge in [-0.25, -0.2) is 0 Å². The van der Waals surface area contributed by atoms with Crippen molar-refractivity contribution in [3.05, 3.63) is 59.7 Å². The third-order valence-corrected chi connectivity index (χ3v) is 4.79. The average molecular weight is 390 g/mol. The van der Waals surface area contributed by atoms with Crippen LogP contribution in [0.4, 0.5) is 24.5 Å². The summed E-state index contributed by atoms with van der Waals surface area (Å²) in [6.45, 7) is 4.16. The van der Waals surface area contributed by atoms with Crippen LogP contribution in [0.5, 0.6) is 0 Å². The lowest BCUT2D eigenvalue weighted by atomic mass is 10.0. The molecule has 1 aliphatic rings. The Morgan fingerprint density at radius 2 is 1.29 bits per heavy atom. The van der Waals surface area contributed by atoms with Crippen LogP contribution in [0.25, 0.3) is 0 Å². The summed E-state index contributed by atoms with van der Waals surface area (Å²) in [7, 11) is 0. The molecule has 1 saturated carbocycles. The molecule has 1 fully saturated rings. The van der Waals surface area contributed by atoms with Gasteiger partial charge in [0.15, 0.2) is 0 Å². The molecule has 148 valence electrons. The first kappa shape index (κ1) is 19.9. The van der Waals surface area contributed by atoms with Crippen molar-refractivity contribution in [1.82, 2.24) is 0 Å². The summed E-state index contributed by atoms with van der Waals surface area (Å²) in [5.74, 6) is -1.11. The van der Waals surface area contributed by atoms with Gasteiger partial charge in [-0.3, -0.25) is 9.59 Å². The van der Waals surface area contributed by atoms with Crippen LogP contribution in [-0.4, -0.2) is 11.8 Å². The molecule has 2 N–H and O–H groups in total. The summed E-state index contributed by atoms with van der Waals surface area (Å²) < 4.78 is 37.7. The molecule has 2 amide bonds. The number of alkyl halides is 3. The highest BCUT2D eigenvalue weighted by Crippen LogP contribution is 2.40. The molecule has 7 heteroatoms. The molecule has 0 aromatic heterocycles.